The number of nitrogens with one attached hydrogen (secondary N) is 1. The Labute approximate surface area is 94.9 Å². The molecule has 1 heterocycles. The molecule has 1 N–H and O–H groups in total. The van der Waals surface area contributed by atoms with Gasteiger partial charge in [0.05, 0.1) is 12.7 Å². The van der Waals surface area contributed by atoms with Crippen LogP contribution in [0.2, 0.25) is 0 Å². The number of benzene rings is 1. The fourth-order valence-corrected chi connectivity index (χ4v) is 1.41. The molecule has 0 fully saturated rings. The van der Waals surface area contributed by atoms with E-state index in [1.165, 1.54) is 12.1 Å². The van der Waals surface area contributed by atoms with Gasteiger partial charge in [0.15, 0.2) is 6.39 Å². The molecular weight excluding hydrogens is 202 g/mol. The highest BCUT2D eigenvalue weighted by Gasteiger charge is 1.99. The van der Waals surface area contributed by atoms with Crippen molar-refractivity contribution in [2.45, 2.75) is 6.54 Å². The Hall–Kier alpha value is -1.97. The van der Waals surface area contributed by atoms with Gasteiger partial charge in [0.1, 0.15) is 5.76 Å². The summed E-state index contributed by atoms with van der Waals surface area (Å²) in [5.74, 6) is 0.829. The summed E-state index contributed by atoms with van der Waals surface area (Å²) in [6.45, 7) is 0.650. The first-order valence-corrected chi connectivity index (χ1v) is 5.14. The summed E-state index contributed by atoms with van der Waals surface area (Å²) in [7, 11) is 4.05. The van der Waals surface area contributed by atoms with Crippen molar-refractivity contribution in [3.05, 3.63) is 42.6 Å². The first-order valence-electron chi connectivity index (χ1n) is 5.14. The number of nitrogens with zero attached hydrogens (tertiary/aromatic N) is 2. The van der Waals surface area contributed by atoms with Crippen molar-refractivity contribution in [1.29, 1.82) is 0 Å². The van der Waals surface area contributed by atoms with Gasteiger partial charge >= 0.3 is 0 Å². The maximum Gasteiger partial charge on any atom is 0.180 e. The molecule has 0 atom stereocenters. The van der Waals surface area contributed by atoms with Crippen LogP contribution in [0.15, 0.2) is 41.3 Å². The normalized spacial score (nSPS) is 10.1. The molecule has 2 aromatic rings. The molecule has 1 aromatic heterocycles. The second-order valence-electron chi connectivity index (χ2n) is 3.77. The number of anilines is 2. The summed E-state index contributed by atoms with van der Waals surface area (Å²) in [4.78, 5) is 5.93. The van der Waals surface area contributed by atoms with E-state index in [4.69, 9.17) is 4.42 Å². The highest BCUT2D eigenvalue weighted by molar-refractivity contribution is 5.57. The minimum Gasteiger partial charge on any atom is -0.447 e. The van der Waals surface area contributed by atoms with Gasteiger partial charge in [-0.2, -0.15) is 0 Å². The molecule has 0 aliphatic rings. The van der Waals surface area contributed by atoms with Gasteiger partial charge in [-0.05, 0) is 18.2 Å². The smallest absolute Gasteiger partial charge is 0.180 e. The van der Waals surface area contributed by atoms with Crippen LogP contribution in [0, 0.1) is 0 Å². The number of hydrogen-bond acceptors (Lipinski definition) is 4. The maximum atomic E-state index is 5.15. The lowest BCUT2D eigenvalue weighted by molar-refractivity contribution is 0.512. The molecule has 0 bridgehead atoms. The van der Waals surface area contributed by atoms with Gasteiger partial charge in [-0.25, -0.2) is 4.98 Å². The third-order valence-electron chi connectivity index (χ3n) is 2.31. The lowest BCUT2D eigenvalue weighted by atomic mass is 10.2. The second-order valence-corrected chi connectivity index (χ2v) is 3.77. The minimum atomic E-state index is 0.650. The fourth-order valence-electron chi connectivity index (χ4n) is 1.41. The van der Waals surface area contributed by atoms with Crippen molar-refractivity contribution < 1.29 is 4.42 Å². The van der Waals surface area contributed by atoms with Crippen molar-refractivity contribution in [2.24, 2.45) is 0 Å². The molecule has 84 valence electrons. The monoisotopic (exact) mass is 217 g/mol. The third-order valence-corrected chi connectivity index (χ3v) is 2.31. The van der Waals surface area contributed by atoms with E-state index in [9.17, 15) is 0 Å². The number of oxazole rings is 1. The van der Waals surface area contributed by atoms with E-state index >= 15 is 0 Å². The molecular formula is C12H15N3O. The number of rotatable bonds is 4. The summed E-state index contributed by atoms with van der Waals surface area (Å²) in [6.07, 6.45) is 3.15. The first-order chi connectivity index (χ1) is 7.75. The van der Waals surface area contributed by atoms with Crippen LogP contribution in [0.4, 0.5) is 11.4 Å². The molecule has 0 unspecified atom stereocenters. The van der Waals surface area contributed by atoms with Gasteiger partial charge in [0.25, 0.3) is 0 Å². The quantitative estimate of drug-likeness (QED) is 0.853. The Balaban J connectivity index is 2.01. The Morgan fingerprint density at radius 2 is 2.25 bits per heavy atom. The average molecular weight is 217 g/mol. The van der Waals surface area contributed by atoms with Crippen molar-refractivity contribution >= 4 is 11.4 Å². The van der Waals surface area contributed by atoms with E-state index in [1.807, 2.05) is 26.2 Å². The van der Waals surface area contributed by atoms with Crippen molar-refractivity contribution in [3.8, 4) is 0 Å². The molecule has 0 amide bonds. The molecule has 0 aliphatic heterocycles. The summed E-state index contributed by atoms with van der Waals surface area (Å²) in [5, 5.41) is 3.28. The summed E-state index contributed by atoms with van der Waals surface area (Å²) >= 11 is 0. The van der Waals surface area contributed by atoms with Gasteiger partial charge in [-0.15, -0.1) is 0 Å². The van der Waals surface area contributed by atoms with E-state index in [2.05, 4.69) is 27.3 Å². The van der Waals surface area contributed by atoms with Gasteiger partial charge < -0.3 is 14.6 Å². The van der Waals surface area contributed by atoms with Gasteiger partial charge in [0, 0.05) is 25.5 Å². The first kappa shape index (κ1) is 10.5. The molecule has 0 saturated carbocycles. The lowest BCUT2D eigenvalue weighted by Crippen LogP contribution is -2.09. The van der Waals surface area contributed by atoms with Crippen LogP contribution in [0.1, 0.15) is 5.76 Å². The zero-order valence-corrected chi connectivity index (χ0v) is 9.47. The largest absolute Gasteiger partial charge is 0.447 e. The maximum absolute atomic E-state index is 5.15. The Bertz CT molecular complexity index is 437. The lowest BCUT2D eigenvalue weighted by Gasteiger charge is -2.14. The molecule has 0 saturated heterocycles. The minimum absolute atomic E-state index is 0.650. The van der Waals surface area contributed by atoms with Crippen molar-refractivity contribution in [1.82, 2.24) is 4.98 Å². The van der Waals surface area contributed by atoms with E-state index in [0.717, 1.165) is 11.4 Å². The van der Waals surface area contributed by atoms with Crippen molar-refractivity contribution in [2.75, 3.05) is 24.3 Å². The average Bonchev–Trinajstić information content (AvgIpc) is 2.79. The zero-order valence-electron chi connectivity index (χ0n) is 9.47. The van der Waals surface area contributed by atoms with Crippen LogP contribution in [0.5, 0.6) is 0 Å². The predicted octanol–water partition coefficient (Wildman–Crippen LogP) is 2.35. The molecule has 4 nitrogen and oxygen atoms in total. The van der Waals surface area contributed by atoms with Crippen LogP contribution in [-0.4, -0.2) is 19.1 Å². The highest BCUT2D eigenvalue weighted by Crippen LogP contribution is 2.17. The van der Waals surface area contributed by atoms with Crippen molar-refractivity contribution in [3.63, 3.8) is 0 Å². The number of aromatic nitrogens is 1. The molecule has 0 radical (unpaired) electrons. The van der Waals surface area contributed by atoms with Crippen LogP contribution in [-0.2, 0) is 6.54 Å². The molecule has 1 aromatic carbocycles. The van der Waals surface area contributed by atoms with Crippen LogP contribution in [0.3, 0.4) is 0 Å². The van der Waals surface area contributed by atoms with Crippen LogP contribution in [0.25, 0.3) is 0 Å². The molecule has 0 spiro atoms. The molecule has 16 heavy (non-hydrogen) atoms. The second kappa shape index (κ2) is 4.70. The summed E-state index contributed by atoms with van der Waals surface area (Å²) < 4.78 is 5.15. The molecule has 2 rings (SSSR count). The van der Waals surface area contributed by atoms with Gasteiger partial charge in [-0.3, -0.25) is 0 Å². The van der Waals surface area contributed by atoms with Crippen LogP contribution < -0.4 is 10.2 Å². The fraction of sp³-hybridized carbons (Fsp3) is 0.250. The number of hydrogen-bond donors (Lipinski definition) is 1. The van der Waals surface area contributed by atoms with E-state index in [0.29, 0.717) is 6.54 Å². The van der Waals surface area contributed by atoms with Crippen LogP contribution >= 0.6 is 0 Å². The third kappa shape index (κ3) is 2.53. The van der Waals surface area contributed by atoms with Gasteiger partial charge in [0.2, 0.25) is 0 Å². The SMILES string of the molecule is CN(C)c1cccc(NCc2cnco2)c1. The Morgan fingerprint density at radius 3 is 2.94 bits per heavy atom. The van der Waals surface area contributed by atoms with Gasteiger partial charge in [-0.1, -0.05) is 6.07 Å². The van der Waals surface area contributed by atoms with E-state index in [-0.39, 0.29) is 0 Å². The Kier molecular flexibility index (Phi) is 3.10. The van der Waals surface area contributed by atoms with E-state index < -0.39 is 0 Å². The topological polar surface area (TPSA) is 41.3 Å². The molecule has 4 heteroatoms. The molecule has 0 aliphatic carbocycles. The zero-order chi connectivity index (χ0) is 11.4. The predicted molar refractivity (Wildman–Crippen MR) is 64.6 cm³/mol. The summed E-state index contributed by atoms with van der Waals surface area (Å²) in [5.41, 5.74) is 2.24. The standard InChI is InChI=1S/C12H15N3O/c1-15(2)11-5-3-4-10(6-11)14-8-12-7-13-9-16-12/h3-7,9,14H,8H2,1-2H3. The van der Waals surface area contributed by atoms with E-state index in [1.54, 1.807) is 6.20 Å². The Morgan fingerprint density at radius 1 is 1.38 bits per heavy atom. The summed E-state index contributed by atoms with van der Waals surface area (Å²) in [6, 6.07) is 8.22. The highest BCUT2D eigenvalue weighted by atomic mass is 16.3.